The highest BCUT2D eigenvalue weighted by molar-refractivity contribution is 5.68. The largest absolute Gasteiger partial charge is 0.396 e. The quantitative estimate of drug-likeness (QED) is 0.803. The molecule has 1 fully saturated rings. The van der Waals surface area contributed by atoms with E-state index in [9.17, 15) is 18.3 Å². The molecule has 0 atom stereocenters. The van der Waals surface area contributed by atoms with Gasteiger partial charge in [0.05, 0.1) is 0 Å². The molecule has 1 saturated carbocycles. The molecule has 0 amide bonds. The van der Waals surface area contributed by atoms with Gasteiger partial charge in [-0.05, 0) is 79.3 Å². The van der Waals surface area contributed by atoms with Crippen LogP contribution in [-0.2, 0) is 0 Å². The molecule has 1 aliphatic rings. The zero-order valence-corrected chi connectivity index (χ0v) is 13.7. The number of benzene rings is 2. The van der Waals surface area contributed by atoms with Crippen LogP contribution in [0.5, 0.6) is 0 Å². The van der Waals surface area contributed by atoms with Crippen LogP contribution >= 0.6 is 0 Å². The van der Waals surface area contributed by atoms with Crippen molar-refractivity contribution in [3.8, 4) is 11.1 Å². The van der Waals surface area contributed by atoms with Crippen molar-refractivity contribution in [1.29, 1.82) is 0 Å². The average Bonchev–Trinajstić information content (AvgIpc) is 2.57. The Morgan fingerprint density at radius 2 is 1.62 bits per heavy atom. The minimum Gasteiger partial charge on any atom is -0.396 e. The molecule has 3 rings (SSSR count). The van der Waals surface area contributed by atoms with Crippen molar-refractivity contribution >= 4 is 0 Å². The van der Waals surface area contributed by atoms with Gasteiger partial charge in [0.15, 0.2) is 11.6 Å². The van der Waals surface area contributed by atoms with Crippen molar-refractivity contribution in [3.05, 3.63) is 58.9 Å². The normalized spacial score (nSPS) is 21.0. The van der Waals surface area contributed by atoms with Crippen LogP contribution in [0.25, 0.3) is 11.1 Å². The van der Waals surface area contributed by atoms with E-state index in [2.05, 4.69) is 0 Å². The third kappa shape index (κ3) is 3.34. The van der Waals surface area contributed by atoms with Gasteiger partial charge >= 0.3 is 0 Å². The smallest absolute Gasteiger partial charge is 0.159 e. The molecular weight excluding hydrogens is 313 g/mol. The van der Waals surface area contributed by atoms with E-state index in [-0.39, 0.29) is 6.61 Å². The Labute approximate surface area is 140 Å². The van der Waals surface area contributed by atoms with Crippen LogP contribution in [0.4, 0.5) is 13.2 Å². The topological polar surface area (TPSA) is 20.2 Å². The summed E-state index contributed by atoms with van der Waals surface area (Å²) in [5, 5.41) is 9.22. The fraction of sp³-hybridized carbons (Fsp3) is 0.400. The zero-order valence-electron chi connectivity index (χ0n) is 13.7. The Balaban J connectivity index is 1.90. The summed E-state index contributed by atoms with van der Waals surface area (Å²) in [7, 11) is 0. The van der Waals surface area contributed by atoms with Crippen molar-refractivity contribution in [3.63, 3.8) is 0 Å². The maximum Gasteiger partial charge on any atom is 0.159 e. The molecule has 0 spiro atoms. The third-order valence-corrected chi connectivity index (χ3v) is 5.09. The van der Waals surface area contributed by atoms with Gasteiger partial charge in [0.1, 0.15) is 5.82 Å². The molecule has 0 saturated heterocycles. The number of rotatable bonds is 3. The second kappa shape index (κ2) is 6.98. The van der Waals surface area contributed by atoms with Crippen LogP contribution in [0.15, 0.2) is 30.3 Å². The molecule has 1 aliphatic carbocycles. The summed E-state index contributed by atoms with van der Waals surface area (Å²) in [5.74, 6) is -1.67. The summed E-state index contributed by atoms with van der Waals surface area (Å²) in [6.07, 6.45) is 3.78. The Kier molecular flexibility index (Phi) is 4.95. The molecule has 4 heteroatoms. The van der Waals surface area contributed by atoms with Gasteiger partial charge < -0.3 is 5.11 Å². The molecule has 24 heavy (non-hydrogen) atoms. The van der Waals surface area contributed by atoms with E-state index in [1.165, 1.54) is 12.1 Å². The van der Waals surface area contributed by atoms with E-state index < -0.39 is 17.5 Å². The van der Waals surface area contributed by atoms with Gasteiger partial charge in [-0.2, -0.15) is 0 Å². The first kappa shape index (κ1) is 17.0. The standard InChI is InChI=1S/C20H21F3O/c1-12-8-16(14-4-2-13(11-24)3-5-14)10-19(23)20(12)15-6-7-17(21)18(22)9-15/h6-10,13-14,24H,2-5,11H2,1H3. The first-order chi connectivity index (χ1) is 11.5. The second-order valence-corrected chi connectivity index (χ2v) is 6.72. The van der Waals surface area contributed by atoms with Crippen molar-refractivity contribution in [2.24, 2.45) is 5.92 Å². The maximum absolute atomic E-state index is 14.7. The highest BCUT2D eigenvalue weighted by atomic mass is 19.2. The van der Waals surface area contributed by atoms with E-state index in [0.717, 1.165) is 48.9 Å². The first-order valence-electron chi connectivity index (χ1n) is 8.36. The number of halogens is 3. The third-order valence-electron chi connectivity index (χ3n) is 5.09. The number of aliphatic hydroxyl groups is 1. The van der Waals surface area contributed by atoms with Gasteiger partial charge in [-0.3, -0.25) is 0 Å². The fourth-order valence-electron chi connectivity index (χ4n) is 3.70. The molecular formula is C20H21F3O. The van der Waals surface area contributed by atoms with Gasteiger partial charge in [0, 0.05) is 12.2 Å². The highest BCUT2D eigenvalue weighted by Gasteiger charge is 2.23. The molecule has 1 N–H and O–H groups in total. The predicted molar refractivity (Wildman–Crippen MR) is 88.3 cm³/mol. The van der Waals surface area contributed by atoms with Crippen LogP contribution in [0.2, 0.25) is 0 Å². The molecule has 0 aromatic heterocycles. The van der Waals surface area contributed by atoms with E-state index >= 15 is 0 Å². The minimum absolute atomic E-state index is 0.217. The summed E-state index contributed by atoms with van der Waals surface area (Å²) in [6, 6.07) is 6.92. The van der Waals surface area contributed by atoms with Crippen LogP contribution in [0, 0.1) is 30.3 Å². The van der Waals surface area contributed by atoms with E-state index in [4.69, 9.17) is 0 Å². The predicted octanol–water partition coefficient (Wildman–Crippen LogP) is 5.35. The monoisotopic (exact) mass is 334 g/mol. The molecule has 0 bridgehead atoms. The van der Waals surface area contributed by atoms with Gasteiger partial charge in [-0.25, -0.2) is 13.2 Å². The van der Waals surface area contributed by atoms with Crippen LogP contribution in [0.3, 0.4) is 0 Å². The first-order valence-corrected chi connectivity index (χ1v) is 8.36. The fourth-order valence-corrected chi connectivity index (χ4v) is 3.70. The van der Waals surface area contributed by atoms with Gasteiger partial charge in [0.25, 0.3) is 0 Å². The number of aliphatic hydroxyl groups excluding tert-OH is 1. The van der Waals surface area contributed by atoms with Crippen molar-refractivity contribution in [1.82, 2.24) is 0 Å². The lowest BCUT2D eigenvalue weighted by atomic mass is 9.78. The Hall–Kier alpha value is -1.81. The summed E-state index contributed by atoms with van der Waals surface area (Å²) >= 11 is 0. The Morgan fingerprint density at radius 1 is 0.917 bits per heavy atom. The Bertz CT molecular complexity index is 711. The van der Waals surface area contributed by atoms with Gasteiger partial charge in [-0.1, -0.05) is 12.1 Å². The van der Waals surface area contributed by atoms with Crippen molar-refractivity contribution in [2.45, 2.75) is 38.5 Å². The number of hydrogen-bond acceptors (Lipinski definition) is 1. The minimum atomic E-state index is -0.974. The van der Waals surface area contributed by atoms with Crippen LogP contribution < -0.4 is 0 Å². The van der Waals surface area contributed by atoms with Crippen molar-refractivity contribution < 1.29 is 18.3 Å². The van der Waals surface area contributed by atoms with Crippen LogP contribution in [-0.4, -0.2) is 11.7 Å². The maximum atomic E-state index is 14.7. The number of hydrogen-bond donors (Lipinski definition) is 1. The van der Waals surface area contributed by atoms with Gasteiger partial charge in [0.2, 0.25) is 0 Å². The molecule has 0 heterocycles. The van der Waals surface area contributed by atoms with Crippen molar-refractivity contribution in [2.75, 3.05) is 6.61 Å². The molecule has 2 aromatic rings. The zero-order chi connectivity index (χ0) is 17.3. The molecule has 1 nitrogen and oxygen atoms in total. The highest BCUT2D eigenvalue weighted by Crippen LogP contribution is 2.38. The molecule has 0 unspecified atom stereocenters. The number of aryl methyl sites for hydroxylation is 1. The molecule has 0 radical (unpaired) electrons. The SMILES string of the molecule is Cc1cc(C2CCC(CO)CC2)cc(F)c1-c1ccc(F)c(F)c1. The average molecular weight is 334 g/mol. The molecule has 0 aliphatic heterocycles. The lowest BCUT2D eigenvalue weighted by molar-refractivity contribution is 0.182. The molecule has 2 aromatic carbocycles. The van der Waals surface area contributed by atoms with Gasteiger partial charge in [-0.15, -0.1) is 0 Å². The summed E-state index contributed by atoms with van der Waals surface area (Å²) in [6.45, 7) is 2.01. The Morgan fingerprint density at radius 3 is 2.21 bits per heavy atom. The van der Waals surface area contributed by atoms with Crippen LogP contribution in [0.1, 0.15) is 42.7 Å². The van der Waals surface area contributed by atoms with E-state index in [1.54, 1.807) is 6.92 Å². The van der Waals surface area contributed by atoms with E-state index in [1.807, 2.05) is 6.07 Å². The summed E-state index contributed by atoms with van der Waals surface area (Å²) < 4.78 is 41.2. The van der Waals surface area contributed by atoms with E-state index in [0.29, 0.717) is 23.0 Å². The lowest BCUT2D eigenvalue weighted by Crippen LogP contribution is -2.16. The lowest BCUT2D eigenvalue weighted by Gasteiger charge is -2.28. The molecule has 128 valence electrons. The second-order valence-electron chi connectivity index (χ2n) is 6.72. The summed E-state index contributed by atoms with van der Waals surface area (Å²) in [4.78, 5) is 0. The summed E-state index contributed by atoms with van der Waals surface area (Å²) in [5.41, 5.74) is 2.34.